The molecule has 2 atom stereocenters. The molecule has 1 aromatic heterocycles. The summed E-state index contributed by atoms with van der Waals surface area (Å²) in [6.45, 7) is -0.660. The van der Waals surface area contributed by atoms with E-state index in [1.807, 2.05) is 0 Å². The molecule has 1 aliphatic heterocycles. The van der Waals surface area contributed by atoms with E-state index in [-0.39, 0.29) is 56.0 Å². The van der Waals surface area contributed by atoms with Gasteiger partial charge in [0, 0.05) is 5.38 Å². The number of rotatable bonds is 8. The average molecular weight is 505 g/mol. The van der Waals surface area contributed by atoms with Crippen molar-refractivity contribution in [3.8, 4) is 0 Å². The molecule has 0 radical (unpaired) electrons. The van der Waals surface area contributed by atoms with Crippen LogP contribution in [0.4, 0.5) is 5.13 Å². The molecule has 33 heavy (non-hydrogen) atoms. The minimum atomic E-state index is -5.22. The maximum Gasteiger partial charge on any atom is 1.00 e. The summed E-state index contributed by atoms with van der Waals surface area (Å²) in [6.07, 6.45) is 0. The number of nitrogen functional groups attached to an aromatic ring is 1. The second-order valence-corrected chi connectivity index (χ2v) is 8.41. The predicted molar refractivity (Wildman–Crippen MR) is 109 cm³/mol. The molecule has 0 unspecified atom stereocenters. The van der Waals surface area contributed by atoms with Crippen molar-refractivity contribution in [1.29, 1.82) is 0 Å². The number of thiazole rings is 1. The molecule has 0 aliphatic carbocycles. The molecule has 0 spiro atoms. The Morgan fingerprint density at radius 3 is 2.55 bits per heavy atom. The average Bonchev–Trinajstić information content (AvgIpc) is 3.17. The van der Waals surface area contributed by atoms with Crippen LogP contribution in [0.1, 0.15) is 16.1 Å². The predicted octanol–water partition coefficient (Wildman–Crippen LogP) is -3.91. The molecule has 1 saturated heterocycles. The summed E-state index contributed by atoms with van der Waals surface area (Å²) in [5.41, 5.74) is 5.44. The van der Waals surface area contributed by atoms with Gasteiger partial charge in [0.05, 0.1) is 5.56 Å². The number of ether oxygens (including phenoxy) is 1. The fraction of sp³-hybridized carbons (Fsp3) is 0.235. The Labute approximate surface area is 214 Å². The van der Waals surface area contributed by atoms with Crippen LogP contribution in [0.5, 0.6) is 0 Å². The van der Waals surface area contributed by atoms with Gasteiger partial charge in [0.1, 0.15) is 31.5 Å². The molecule has 16 heteroatoms. The van der Waals surface area contributed by atoms with Gasteiger partial charge in [-0.15, -0.1) is 11.3 Å². The molecular formula is C17H16N5NaO8S2. The van der Waals surface area contributed by atoms with Gasteiger partial charge in [-0.2, -0.15) is 0 Å². The first-order valence-corrected chi connectivity index (χ1v) is 11.0. The molecule has 3 rings (SSSR count). The number of benzene rings is 1. The van der Waals surface area contributed by atoms with Crippen molar-refractivity contribution in [3.05, 3.63) is 47.0 Å². The molecule has 0 bridgehead atoms. The number of anilines is 1. The standard InChI is InChI=1S/C17H17N5O8S2.Na/c1-29-21-12(10-8-31-17(18)19-10)14(23)20-13-11(22(15(13)24)32(26,27)28)7-30-16(25)9-5-3-2-4-6-9;/h2-6,8,11,13H,7H2,1H3,(H2,18,19)(H,20,23)(H,26,27,28);/q;+1/p-1/b21-12-;/t11-,13+;/m0./s1. The third-order valence-electron chi connectivity index (χ3n) is 4.25. The number of aromatic nitrogens is 1. The molecule has 2 aromatic rings. The normalized spacial score (nSPS) is 18.1. The number of β-lactam (4-membered cyclic amide) rings is 1. The SMILES string of the molecule is CO/N=C(\C(=O)N[C@H]1C(=O)N(S(=O)(=O)[O-])[C@H]1COC(=O)c1ccccc1)c1csc(N)n1.[Na+]. The number of carbonyl (C=O) groups is 3. The topological polar surface area (TPSA) is 193 Å². The summed E-state index contributed by atoms with van der Waals surface area (Å²) in [6, 6.07) is 4.84. The van der Waals surface area contributed by atoms with E-state index in [2.05, 4.69) is 20.3 Å². The van der Waals surface area contributed by atoms with Gasteiger partial charge < -0.3 is 25.2 Å². The van der Waals surface area contributed by atoms with Crippen LogP contribution in [0.3, 0.4) is 0 Å². The second-order valence-electron chi connectivity index (χ2n) is 6.27. The van der Waals surface area contributed by atoms with Crippen molar-refractivity contribution in [2.45, 2.75) is 12.1 Å². The molecular weight excluding hydrogens is 489 g/mol. The largest absolute Gasteiger partial charge is 1.00 e. The Hall–Kier alpha value is -2.56. The second kappa shape index (κ2) is 11.0. The van der Waals surface area contributed by atoms with E-state index in [0.29, 0.717) is 0 Å². The number of amides is 2. The Morgan fingerprint density at radius 1 is 1.33 bits per heavy atom. The molecule has 13 nitrogen and oxygen atoms in total. The number of nitrogens with two attached hydrogens (primary N) is 1. The third kappa shape index (κ3) is 6.07. The van der Waals surface area contributed by atoms with E-state index in [9.17, 15) is 27.4 Å². The van der Waals surface area contributed by atoms with Gasteiger partial charge in [-0.05, 0) is 12.1 Å². The number of carbonyl (C=O) groups excluding carboxylic acids is 3. The van der Waals surface area contributed by atoms with Crippen molar-refractivity contribution < 1.29 is 66.5 Å². The van der Waals surface area contributed by atoms with Gasteiger partial charge in [0.15, 0.2) is 21.1 Å². The van der Waals surface area contributed by atoms with Gasteiger partial charge in [-0.3, -0.25) is 9.59 Å². The Balaban J connectivity index is 0.00000385. The number of nitrogens with one attached hydrogen (secondary N) is 1. The van der Waals surface area contributed by atoms with Crippen molar-refractivity contribution in [3.63, 3.8) is 0 Å². The van der Waals surface area contributed by atoms with E-state index < -0.39 is 46.8 Å². The number of hydrogen-bond donors (Lipinski definition) is 2. The fourth-order valence-electron chi connectivity index (χ4n) is 2.84. The molecule has 1 aromatic carbocycles. The first-order chi connectivity index (χ1) is 15.1. The van der Waals surface area contributed by atoms with Crippen LogP contribution in [0, 0.1) is 0 Å². The van der Waals surface area contributed by atoms with Crippen LogP contribution in [-0.4, -0.2) is 71.6 Å². The molecule has 1 aliphatic rings. The fourth-order valence-corrected chi connectivity index (χ4v) is 4.23. The van der Waals surface area contributed by atoms with E-state index in [1.165, 1.54) is 24.6 Å². The summed E-state index contributed by atoms with van der Waals surface area (Å²) >= 11 is 1.03. The van der Waals surface area contributed by atoms with E-state index in [0.717, 1.165) is 11.3 Å². The van der Waals surface area contributed by atoms with Crippen molar-refractivity contribution in [2.75, 3.05) is 19.5 Å². The zero-order valence-electron chi connectivity index (χ0n) is 17.3. The number of hydrogen-bond acceptors (Lipinski definition) is 12. The van der Waals surface area contributed by atoms with Gasteiger partial charge in [0.25, 0.3) is 11.8 Å². The van der Waals surface area contributed by atoms with Crippen LogP contribution >= 0.6 is 11.3 Å². The molecule has 170 valence electrons. The van der Waals surface area contributed by atoms with Crippen molar-refractivity contribution >= 4 is 50.3 Å². The molecule has 1 fully saturated rings. The van der Waals surface area contributed by atoms with Gasteiger partial charge in [-0.25, -0.2) is 22.5 Å². The zero-order valence-corrected chi connectivity index (χ0v) is 21.0. The Kier molecular flexibility index (Phi) is 8.93. The van der Waals surface area contributed by atoms with E-state index in [4.69, 9.17) is 10.5 Å². The zero-order chi connectivity index (χ0) is 23.5. The van der Waals surface area contributed by atoms with E-state index >= 15 is 0 Å². The Bertz CT molecular complexity index is 1170. The minimum Gasteiger partial charge on any atom is -0.731 e. The molecule has 2 amide bonds. The molecule has 0 saturated carbocycles. The summed E-state index contributed by atoms with van der Waals surface area (Å²) < 4.78 is 39.5. The van der Waals surface area contributed by atoms with Crippen LogP contribution in [-0.2, 0) is 29.5 Å². The summed E-state index contributed by atoms with van der Waals surface area (Å²) in [4.78, 5) is 45.6. The quantitative estimate of drug-likeness (QED) is 0.0894. The monoisotopic (exact) mass is 505 g/mol. The van der Waals surface area contributed by atoms with Crippen LogP contribution in [0.15, 0.2) is 40.9 Å². The van der Waals surface area contributed by atoms with Crippen molar-refractivity contribution in [1.82, 2.24) is 14.6 Å². The molecule has 2 heterocycles. The van der Waals surface area contributed by atoms with Crippen LogP contribution < -0.4 is 40.6 Å². The van der Waals surface area contributed by atoms with Gasteiger partial charge in [-0.1, -0.05) is 23.4 Å². The molecule has 3 N–H and O–H groups in total. The summed E-state index contributed by atoms with van der Waals surface area (Å²) in [5, 5.41) is 7.38. The van der Waals surface area contributed by atoms with Crippen molar-refractivity contribution in [2.24, 2.45) is 5.16 Å². The maximum absolute atomic E-state index is 12.6. The third-order valence-corrected chi connectivity index (χ3v) is 5.86. The summed E-state index contributed by atoms with van der Waals surface area (Å²) in [7, 11) is -4.04. The number of esters is 1. The first kappa shape index (κ1) is 26.7. The van der Waals surface area contributed by atoms with Gasteiger partial charge in [0.2, 0.25) is 0 Å². The minimum absolute atomic E-state index is 0. The summed E-state index contributed by atoms with van der Waals surface area (Å²) in [5.74, 6) is -2.95. The van der Waals surface area contributed by atoms with Gasteiger partial charge >= 0.3 is 35.5 Å². The Morgan fingerprint density at radius 2 is 2.00 bits per heavy atom. The van der Waals surface area contributed by atoms with Crippen LogP contribution in [0.2, 0.25) is 0 Å². The first-order valence-electron chi connectivity index (χ1n) is 8.78. The smallest absolute Gasteiger partial charge is 0.731 e. The van der Waals surface area contributed by atoms with Crippen LogP contribution in [0.25, 0.3) is 0 Å². The number of oxime groups is 1. The van der Waals surface area contributed by atoms with E-state index in [1.54, 1.807) is 18.2 Å². The maximum atomic E-state index is 12.6. The number of nitrogens with zero attached hydrogens (tertiary/aromatic N) is 3.